The van der Waals surface area contributed by atoms with Crippen LogP contribution in [0, 0.1) is 26.7 Å². The van der Waals surface area contributed by atoms with Crippen molar-refractivity contribution in [2.75, 3.05) is 6.54 Å². The Morgan fingerprint density at radius 3 is 2.67 bits per heavy atom. The van der Waals surface area contributed by atoms with Crippen LogP contribution in [0.2, 0.25) is 0 Å². The van der Waals surface area contributed by atoms with E-state index in [-0.39, 0.29) is 0 Å². The van der Waals surface area contributed by atoms with Gasteiger partial charge in [0.15, 0.2) is 5.65 Å². The molecule has 0 spiro atoms. The number of hydrogen-bond donors (Lipinski definition) is 2. The van der Waals surface area contributed by atoms with Gasteiger partial charge in [0.2, 0.25) is 0 Å². The smallest absolute Gasteiger partial charge is 0.158 e. The first-order chi connectivity index (χ1) is 17.4. The van der Waals surface area contributed by atoms with Gasteiger partial charge >= 0.3 is 0 Å². The maximum absolute atomic E-state index is 4.45. The summed E-state index contributed by atoms with van der Waals surface area (Å²) in [4.78, 5) is 18.2. The SMILES string of the molecule is Cc1c(-c2[nH]c3sc([C@@H]4CC5CC4CN5Cc4ncn[nH]4)c(C)c3c2C(C)C)cn2ncnc2c1C. The van der Waals surface area contributed by atoms with E-state index in [1.54, 1.807) is 17.5 Å². The summed E-state index contributed by atoms with van der Waals surface area (Å²) in [5.41, 5.74) is 8.77. The summed E-state index contributed by atoms with van der Waals surface area (Å²) >= 11 is 1.99. The minimum atomic E-state index is 0.415. The van der Waals surface area contributed by atoms with Crippen LogP contribution in [-0.2, 0) is 6.54 Å². The number of nitrogens with zero attached hydrogens (tertiary/aromatic N) is 6. The number of nitrogens with one attached hydrogen (secondary N) is 2. The molecule has 3 atom stereocenters. The third-order valence-electron chi connectivity index (χ3n) is 8.74. The predicted octanol–water partition coefficient (Wildman–Crippen LogP) is 5.48. The van der Waals surface area contributed by atoms with Gasteiger partial charge in [0.1, 0.15) is 23.3 Å². The van der Waals surface area contributed by atoms with E-state index in [1.165, 1.54) is 56.6 Å². The molecule has 2 aliphatic rings. The summed E-state index contributed by atoms with van der Waals surface area (Å²) < 4.78 is 1.91. The predicted molar refractivity (Wildman–Crippen MR) is 143 cm³/mol. The summed E-state index contributed by atoms with van der Waals surface area (Å²) in [7, 11) is 0. The van der Waals surface area contributed by atoms with E-state index in [0.717, 1.165) is 30.5 Å². The largest absolute Gasteiger partial charge is 0.346 e. The van der Waals surface area contributed by atoms with Crippen molar-refractivity contribution in [1.82, 2.24) is 39.7 Å². The van der Waals surface area contributed by atoms with E-state index < -0.39 is 0 Å². The molecule has 0 radical (unpaired) electrons. The van der Waals surface area contributed by atoms with Crippen LogP contribution in [0.15, 0.2) is 18.9 Å². The number of likely N-dealkylation sites (tertiary alicyclic amines) is 1. The lowest BCUT2D eigenvalue weighted by atomic mass is 9.88. The highest BCUT2D eigenvalue weighted by Crippen LogP contribution is 2.53. The van der Waals surface area contributed by atoms with Gasteiger partial charge in [-0.05, 0) is 73.6 Å². The zero-order valence-electron chi connectivity index (χ0n) is 21.5. The van der Waals surface area contributed by atoms with E-state index in [2.05, 4.69) is 76.0 Å². The maximum atomic E-state index is 4.45. The molecule has 6 heterocycles. The average Bonchev–Trinajstić information content (AvgIpc) is 3.67. The molecule has 2 fully saturated rings. The molecule has 5 aromatic heterocycles. The lowest BCUT2D eigenvalue weighted by Crippen LogP contribution is -2.34. The highest BCUT2D eigenvalue weighted by atomic mass is 32.1. The molecule has 0 aromatic carbocycles. The summed E-state index contributed by atoms with van der Waals surface area (Å²) in [6.07, 6.45) is 7.93. The number of hydrogen-bond acceptors (Lipinski definition) is 6. The standard InChI is InChI=1S/C27H32N8S/c1-13(2)22-23-16(5)25(19-7-18-6-17(19)8-34(18)10-21-28-11-30-33-21)36-27(23)32-24(22)20-9-35-26(29-12-31-35)15(4)14(20)3/h9,11-13,17-19,32H,6-8,10H2,1-5H3,(H,28,30,33)/t17?,18?,19-/m1/s1. The molecular formula is C27H32N8S. The van der Waals surface area contributed by atoms with E-state index in [0.29, 0.717) is 17.9 Å². The Morgan fingerprint density at radius 1 is 1.08 bits per heavy atom. The molecule has 186 valence electrons. The lowest BCUT2D eigenvalue weighted by molar-refractivity contribution is 0.188. The number of aromatic nitrogens is 7. The van der Waals surface area contributed by atoms with E-state index in [9.17, 15) is 0 Å². The maximum Gasteiger partial charge on any atom is 0.158 e. The number of rotatable bonds is 5. The Balaban J connectivity index is 1.26. The van der Waals surface area contributed by atoms with Gasteiger partial charge in [0, 0.05) is 34.6 Å². The van der Waals surface area contributed by atoms with Crippen molar-refractivity contribution in [3.8, 4) is 11.3 Å². The van der Waals surface area contributed by atoms with E-state index in [1.807, 2.05) is 15.9 Å². The van der Waals surface area contributed by atoms with Crippen LogP contribution in [0.25, 0.3) is 27.1 Å². The van der Waals surface area contributed by atoms with Gasteiger partial charge in [-0.15, -0.1) is 11.3 Å². The number of H-pyrrole nitrogens is 2. The van der Waals surface area contributed by atoms with Gasteiger partial charge < -0.3 is 4.98 Å². The molecule has 0 amide bonds. The lowest BCUT2D eigenvalue weighted by Gasteiger charge is -2.30. The van der Waals surface area contributed by atoms with Gasteiger partial charge in [0.25, 0.3) is 0 Å². The highest BCUT2D eigenvalue weighted by Gasteiger charge is 2.46. The number of aromatic amines is 2. The monoisotopic (exact) mass is 500 g/mol. The van der Waals surface area contributed by atoms with Gasteiger partial charge in [-0.1, -0.05) is 13.8 Å². The molecule has 2 bridgehead atoms. The molecule has 2 N–H and O–H groups in total. The Morgan fingerprint density at radius 2 is 1.94 bits per heavy atom. The van der Waals surface area contributed by atoms with Crippen LogP contribution >= 0.6 is 11.3 Å². The molecular weight excluding hydrogens is 468 g/mol. The van der Waals surface area contributed by atoms with Gasteiger partial charge in [-0.25, -0.2) is 14.5 Å². The van der Waals surface area contributed by atoms with Crippen molar-refractivity contribution in [1.29, 1.82) is 0 Å². The van der Waals surface area contributed by atoms with Crippen molar-refractivity contribution >= 4 is 27.2 Å². The van der Waals surface area contributed by atoms with Gasteiger partial charge in [-0.3, -0.25) is 10.00 Å². The molecule has 7 rings (SSSR count). The molecule has 8 nitrogen and oxygen atoms in total. The van der Waals surface area contributed by atoms with Crippen LogP contribution in [-0.4, -0.2) is 52.2 Å². The topological polar surface area (TPSA) is 90.8 Å². The minimum Gasteiger partial charge on any atom is -0.346 e. The first-order valence-corrected chi connectivity index (χ1v) is 13.7. The summed E-state index contributed by atoms with van der Waals surface area (Å²) in [6, 6.07) is 0.644. The van der Waals surface area contributed by atoms with Crippen molar-refractivity contribution in [2.24, 2.45) is 5.92 Å². The average molecular weight is 501 g/mol. The Hall–Kier alpha value is -3.04. The second-order valence-corrected chi connectivity index (χ2v) is 12.1. The first kappa shape index (κ1) is 22.2. The Labute approximate surface area is 214 Å². The van der Waals surface area contributed by atoms with Crippen molar-refractivity contribution in [3.05, 3.63) is 51.8 Å². The first-order valence-electron chi connectivity index (χ1n) is 12.9. The second kappa shape index (κ2) is 7.98. The highest BCUT2D eigenvalue weighted by molar-refractivity contribution is 7.19. The van der Waals surface area contributed by atoms with Crippen molar-refractivity contribution in [3.63, 3.8) is 0 Å². The van der Waals surface area contributed by atoms with Crippen LogP contribution in [0.3, 0.4) is 0 Å². The summed E-state index contributed by atoms with van der Waals surface area (Å²) in [6.45, 7) is 13.4. The summed E-state index contributed by atoms with van der Waals surface area (Å²) in [5, 5.41) is 12.9. The number of pyridine rings is 1. The molecule has 1 saturated carbocycles. The molecule has 36 heavy (non-hydrogen) atoms. The second-order valence-electron chi connectivity index (χ2n) is 11.0. The number of thiophene rings is 1. The molecule has 2 unspecified atom stereocenters. The van der Waals surface area contributed by atoms with Crippen LogP contribution in [0.1, 0.15) is 71.5 Å². The zero-order chi connectivity index (χ0) is 24.7. The van der Waals surface area contributed by atoms with Gasteiger partial charge in [-0.2, -0.15) is 10.2 Å². The summed E-state index contributed by atoms with van der Waals surface area (Å²) in [5.74, 6) is 2.77. The molecule has 1 saturated heterocycles. The van der Waals surface area contributed by atoms with E-state index in [4.69, 9.17) is 0 Å². The quantitative estimate of drug-likeness (QED) is 0.333. The third-order valence-corrected chi connectivity index (χ3v) is 10.1. The van der Waals surface area contributed by atoms with E-state index >= 15 is 0 Å². The van der Waals surface area contributed by atoms with Crippen LogP contribution in [0.5, 0.6) is 0 Å². The fourth-order valence-corrected chi connectivity index (χ4v) is 8.34. The zero-order valence-corrected chi connectivity index (χ0v) is 22.3. The third kappa shape index (κ3) is 3.15. The fraction of sp³-hybridized carbons (Fsp3) is 0.481. The fourth-order valence-electron chi connectivity index (χ4n) is 6.91. The Bertz CT molecular complexity index is 1590. The molecule has 1 aliphatic carbocycles. The normalized spacial score (nSPS) is 22.2. The molecule has 9 heteroatoms. The van der Waals surface area contributed by atoms with Crippen molar-refractivity contribution in [2.45, 2.75) is 71.9 Å². The number of fused-ring (bicyclic) bond motifs is 4. The number of piperidine rings is 1. The van der Waals surface area contributed by atoms with Crippen LogP contribution < -0.4 is 0 Å². The minimum absolute atomic E-state index is 0.415. The number of aryl methyl sites for hydroxylation is 2. The van der Waals surface area contributed by atoms with Crippen LogP contribution in [0.4, 0.5) is 0 Å². The molecule has 1 aliphatic heterocycles. The Kier molecular flexibility index (Phi) is 4.92. The molecule has 5 aromatic rings. The van der Waals surface area contributed by atoms with Crippen molar-refractivity contribution < 1.29 is 0 Å². The van der Waals surface area contributed by atoms with Gasteiger partial charge in [0.05, 0.1) is 12.2 Å².